The van der Waals surface area contributed by atoms with Gasteiger partial charge in [0.2, 0.25) is 0 Å². The van der Waals surface area contributed by atoms with E-state index in [0.717, 1.165) is 0 Å². The van der Waals surface area contributed by atoms with Gasteiger partial charge >= 0.3 is 5.97 Å². The van der Waals surface area contributed by atoms with Crippen LogP contribution in [-0.4, -0.2) is 23.8 Å². The van der Waals surface area contributed by atoms with Gasteiger partial charge in [-0.2, -0.15) is 0 Å². The Morgan fingerprint density at radius 2 is 2.45 bits per heavy atom. The molecule has 0 amide bonds. The molecule has 0 aliphatic carbocycles. The topological polar surface area (TPSA) is 46.5 Å². The second kappa shape index (κ2) is 5.92. The molecule has 0 radical (unpaired) electrons. The van der Waals surface area contributed by atoms with E-state index in [0.29, 0.717) is 13.0 Å². The average Bonchev–Trinajstić information content (AvgIpc) is 1.97. The van der Waals surface area contributed by atoms with Crippen molar-refractivity contribution in [1.29, 1.82) is 0 Å². The molecule has 1 atom stereocenters. The SMILES string of the molecule is C=CCOC(C)CCC(=O)O. The van der Waals surface area contributed by atoms with Gasteiger partial charge in [0.15, 0.2) is 0 Å². The lowest BCUT2D eigenvalue weighted by atomic mass is 10.2. The maximum atomic E-state index is 10.1. The first-order chi connectivity index (χ1) is 5.16. The van der Waals surface area contributed by atoms with Crippen LogP contribution in [-0.2, 0) is 9.53 Å². The summed E-state index contributed by atoms with van der Waals surface area (Å²) in [5.74, 6) is -0.779. The first-order valence-corrected chi connectivity index (χ1v) is 3.61. The lowest BCUT2D eigenvalue weighted by molar-refractivity contribution is -0.137. The van der Waals surface area contributed by atoms with Crippen LogP contribution in [0.3, 0.4) is 0 Å². The maximum Gasteiger partial charge on any atom is 0.303 e. The predicted octanol–water partition coefficient (Wildman–Crippen LogP) is 1.44. The maximum absolute atomic E-state index is 10.1. The molecular formula is C8H14O3. The molecule has 3 nitrogen and oxygen atoms in total. The van der Waals surface area contributed by atoms with Gasteiger partial charge in [-0.1, -0.05) is 6.08 Å². The van der Waals surface area contributed by atoms with E-state index in [1.807, 2.05) is 6.92 Å². The molecule has 0 saturated carbocycles. The molecule has 1 N–H and O–H groups in total. The van der Waals surface area contributed by atoms with Gasteiger partial charge in [0.05, 0.1) is 12.7 Å². The van der Waals surface area contributed by atoms with Crippen molar-refractivity contribution < 1.29 is 14.6 Å². The van der Waals surface area contributed by atoms with Gasteiger partial charge in [0, 0.05) is 6.42 Å². The fourth-order valence-electron chi connectivity index (χ4n) is 0.642. The van der Waals surface area contributed by atoms with Crippen molar-refractivity contribution in [2.75, 3.05) is 6.61 Å². The minimum atomic E-state index is -0.779. The third-order valence-electron chi connectivity index (χ3n) is 1.26. The molecule has 0 fully saturated rings. The van der Waals surface area contributed by atoms with Crippen molar-refractivity contribution >= 4 is 5.97 Å². The van der Waals surface area contributed by atoms with Gasteiger partial charge in [0.1, 0.15) is 0 Å². The third kappa shape index (κ3) is 7.06. The number of aliphatic carboxylic acids is 1. The highest BCUT2D eigenvalue weighted by atomic mass is 16.5. The molecular weight excluding hydrogens is 144 g/mol. The van der Waals surface area contributed by atoms with Crippen LogP contribution in [0.1, 0.15) is 19.8 Å². The molecule has 0 aromatic rings. The predicted molar refractivity (Wildman–Crippen MR) is 42.5 cm³/mol. The summed E-state index contributed by atoms with van der Waals surface area (Å²) in [6, 6.07) is 0. The highest BCUT2D eigenvalue weighted by Gasteiger charge is 2.03. The summed E-state index contributed by atoms with van der Waals surface area (Å²) < 4.78 is 5.16. The van der Waals surface area contributed by atoms with Crippen molar-refractivity contribution in [3.05, 3.63) is 12.7 Å². The Morgan fingerprint density at radius 3 is 2.91 bits per heavy atom. The lowest BCUT2D eigenvalue weighted by Gasteiger charge is -2.08. The Labute approximate surface area is 66.7 Å². The Kier molecular flexibility index (Phi) is 5.47. The summed E-state index contributed by atoms with van der Waals surface area (Å²) in [6.07, 6.45) is 2.38. The third-order valence-corrected chi connectivity index (χ3v) is 1.26. The van der Waals surface area contributed by atoms with Crippen LogP contribution in [0.25, 0.3) is 0 Å². The minimum absolute atomic E-state index is 0.00380. The van der Waals surface area contributed by atoms with E-state index in [2.05, 4.69) is 6.58 Å². The normalized spacial score (nSPS) is 12.5. The Balaban J connectivity index is 3.28. The van der Waals surface area contributed by atoms with E-state index in [-0.39, 0.29) is 12.5 Å². The van der Waals surface area contributed by atoms with Crippen molar-refractivity contribution in [2.24, 2.45) is 0 Å². The number of hydrogen-bond donors (Lipinski definition) is 1. The molecule has 0 rings (SSSR count). The van der Waals surface area contributed by atoms with Crippen LogP contribution in [0.15, 0.2) is 12.7 Å². The molecule has 0 aromatic heterocycles. The summed E-state index contributed by atoms with van der Waals surface area (Å²) in [5.41, 5.74) is 0. The molecule has 0 aliphatic heterocycles. The fourth-order valence-corrected chi connectivity index (χ4v) is 0.642. The summed E-state index contributed by atoms with van der Waals surface area (Å²) in [7, 11) is 0. The molecule has 11 heavy (non-hydrogen) atoms. The van der Waals surface area contributed by atoms with Gasteiger partial charge < -0.3 is 9.84 Å². The average molecular weight is 158 g/mol. The highest BCUT2D eigenvalue weighted by Crippen LogP contribution is 2.00. The molecule has 64 valence electrons. The molecule has 3 heteroatoms. The zero-order valence-corrected chi connectivity index (χ0v) is 6.75. The first-order valence-electron chi connectivity index (χ1n) is 3.61. The number of carbonyl (C=O) groups is 1. The second-order valence-electron chi connectivity index (χ2n) is 2.37. The summed E-state index contributed by atoms with van der Waals surface area (Å²) in [6.45, 7) is 5.83. The molecule has 0 bridgehead atoms. The number of carboxylic acid groups (broad SMARTS) is 1. The molecule has 0 heterocycles. The smallest absolute Gasteiger partial charge is 0.303 e. The molecule has 0 spiro atoms. The standard InChI is InChI=1S/C8H14O3/c1-3-6-11-7(2)4-5-8(9)10/h3,7H,1,4-6H2,2H3,(H,9,10). The van der Waals surface area contributed by atoms with Gasteiger partial charge in [0.25, 0.3) is 0 Å². The number of ether oxygens (including phenoxy) is 1. The molecule has 0 saturated heterocycles. The number of rotatable bonds is 6. The first kappa shape index (κ1) is 10.2. The molecule has 1 unspecified atom stereocenters. The summed E-state index contributed by atoms with van der Waals surface area (Å²) >= 11 is 0. The van der Waals surface area contributed by atoms with Crippen molar-refractivity contribution in [3.8, 4) is 0 Å². The zero-order valence-electron chi connectivity index (χ0n) is 6.75. The largest absolute Gasteiger partial charge is 0.481 e. The molecule has 0 aliphatic rings. The molecule has 0 aromatic carbocycles. The quantitative estimate of drug-likeness (QED) is 0.595. The Hall–Kier alpha value is -0.830. The fraction of sp³-hybridized carbons (Fsp3) is 0.625. The van der Waals surface area contributed by atoms with Crippen LogP contribution < -0.4 is 0 Å². The van der Waals surface area contributed by atoms with Crippen molar-refractivity contribution in [1.82, 2.24) is 0 Å². The van der Waals surface area contributed by atoms with Crippen LogP contribution in [0.5, 0.6) is 0 Å². The van der Waals surface area contributed by atoms with E-state index >= 15 is 0 Å². The van der Waals surface area contributed by atoms with Crippen molar-refractivity contribution in [3.63, 3.8) is 0 Å². The van der Waals surface area contributed by atoms with E-state index in [1.165, 1.54) is 0 Å². The van der Waals surface area contributed by atoms with Gasteiger partial charge in [-0.3, -0.25) is 4.79 Å². The van der Waals surface area contributed by atoms with Crippen molar-refractivity contribution in [2.45, 2.75) is 25.9 Å². The highest BCUT2D eigenvalue weighted by molar-refractivity contribution is 5.66. The summed E-state index contributed by atoms with van der Waals surface area (Å²) in [5, 5.41) is 8.31. The Morgan fingerprint density at radius 1 is 1.82 bits per heavy atom. The van der Waals surface area contributed by atoms with E-state index < -0.39 is 5.97 Å². The van der Waals surface area contributed by atoms with Gasteiger partial charge in [-0.25, -0.2) is 0 Å². The van der Waals surface area contributed by atoms with Crippen LogP contribution >= 0.6 is 0 Å². The van der Waals surface area contributed by atoms with E-state index in [4.69, 9.17) is 9.84 Å². The summed E-state index contributed by atoms with van der Waals surface area (Å²) in [4.78, 5) is 10.1. The Bertz CT molecular complexity index is 131. The number of hydrogen-bond acceptors (Lipinski definition) is 2. The van der Waals surface area contributed by atoms with Crippen LogP contribution in [0, 0.1) is 0 Å². The monoisotopic (exact) mass is 158 g/mol. The number of carboxylic acids is 1. The van der Waals surface area contributed by atoms with Gasteiger partial charge in [-0.05, 0) is 13.3 Å². The van der Waals surface area contributed by atoms with Crippen LogP contribution in [0.4, 0.5) is 0 Å². The lowest BCUT2D eigenvalue weighted by Crippen LogP contribution is -2.10. The zero-order chi connectivity index (χ0) is 8.69. The van der Waals surface area contributed by atoms with Crippen LogP contribution in [0.2, 0.25) is 0 Å². The second-order valence-corrected chi connectivity index (χ2v) is 2.37. The van der Waals surface area contributed by atoms with Gasteiger partial charge in [-0.15, -0.1) is 6.58 Å². The van der Waals surface area contributed by atoms with E-state index in [9.17, 15) is 4.79 Å². The minimum Gasteiger partial charge on any atom is -0.481 e. The van der Waals surface area contributed by atoms with E-state index in [1.54, 1.807) is 6.08 Å².